The first-order chi connectivity index (χ1) is 8.59. The van der Waals surface area contributed by atoms with Crippen LogP contribution in [0.1, 0.15) is 29.6 Å². The number of likely N-dealkylation sites (tertiary alicyclic amines) is 1. The zero-order chi connectivity index (χ0) is 13.1. The van der Waals surface area contributed by atoms with E-state index >= 15 is 0 Å². The molecule has 0 aliphatic carbocycles. The molecule has 1 heterocycles. The summed E-state index contributed by atoms with van der Waals surface area (Å²) in [6.07, 6.45) is 3.41. The predicted molar refractivity (Wildman–Crippen MR) is 74.9 cm³/mol. The summed E-state index contributed by atoms with van der Waals surface area (Å²) < 4.78 is 0. The van der Waals surface area contributed by atoms with Gasteiger partial charge >= 0.3 is 0 Å². The van der Waals surface area contributed by atoms with Crippen LogP contribution in [-0.2, 0) is 0 Å². The molecule has 98 valence electrons. The quantitative estimate of drug-likeness (QED) is 0.813. The van der Waals surface area contributed by atoms with E-state index < -0.39 is 0 Å². The van der Waals surface area contributed by atoms with Crippen molar-refractivity contribution in [1.29, 1.82) is 0 Å². The van der Waals surface area contributed by atoms with Gasteiger partial charge in [-0.25, -0.2) is 0 Å². The highest BCUT2D eigenvalue weighted by Crippen LogP contribution is 2.22. The van der Waals surface area contributed by atoms with E-state index in [9.17, 15) is 4.79 Å². The number of amides is 1. The second kappa shape index (κ2) is 5.29. The van der Waals surface area contributed by atoms with Crippen LogP contribution >= 0.6 is 0 Å². The largest absolute Gasteiger partial charge is 0.398 e. The van der Waals surface area contributed by atoms with Crippen molar-refractivity contribution in [1.82, 2.24) is 4.90 Å². The molecule has 1 aromatic carbocycles. The minimum atomic E-state index is 0.0656. The van der Waals surface area contributed by atoms with Crippen LogP contribution in [0.2, 0.25) is 0 Å². The molecule has 0 spiro atoms. The van der Waals surface area contributed by atoms with Crippen LogP contribution in [0.3, 0.4) is 0 Å². The van der Waals surface area contributed by atoms with E-state index in [4.69, 9.17) is 5.73 Å². The van der Waals surface area contributed by atoms with E-state index in [1.54, 1.807) is 0 Å². The van der Waals surface area contributed by atoms with E-state index in [1.165, 1.54) is 6.42 Å². The topological polar surface area (TPSA) is 49.6 Å². The van der Waals surface area contributed by atoms with Gasteiger partial charge in [0.15, 0.2) is 0 Å². The molecule has 1 fully saturated rings. The summed E-state index contributed by atoms with van der Waals surface area (Å²) in [5.41, 5.74) is 8.13. The standard InChI is InChI=1S/C14H21N3O/c1-16(2)11-6-7-13(15)12(10-11)14(18)17-8-4-3-5-9-17/h6-7,10H,3-5,8-9,15H2,1-2H3. The average molecular weight is 247 g/mol. The molecular weight excluding hydrogens is 226 g/mol. The van der Waals surface area contributed by atoms with Crippen molar-refractivity contribution in [2.45, 2.75) is 19.3 Å². The molecule has 4 heteroatoms. The molecule has 0 bridgehead atoms. The summed E-state index contributed by atoms with van der Waals surface area (Å²) in [5, 5.41) is 0. The molecule has 0 aromatic heterocycles. The lowest BCUT2D eigenvalue weighted by Crippen LogP contribution is -2.36. The molecule has 2 N–H and O–H groups in total. The highest BCUT2D eigenvalue weighted by Gasteiger charge is 2.20. The lowest BCUT2D eigenvalue weighted by Gasteiger charge is -2.27. The van der Waals surface area contributed by atoms with Crippen LogP contribution < -0.4 is 10.6 Å². The van der Waals surface area contributed by atoms with Crippen molar-refractivity contribution in [2.75, 3.05) is 37.8 Å². The monoisotopic (exact) mass is 247 g/mol. The van der Waals surface area contributed by atoms with Crippen LogP contribution in [0.25, 0.3) is 0 Å². The number of piperidine rings is 1. The third kappa shape index (κ3) is 2.58. The molecule has 1 aliphatic heterocycles. The highest BCUT2D eigenvalue weighted by molar-refractivity contribution is 6.00. The van der Waals surface area contributed by atoms with Gasteiger partial charge in [0, 0.05) is 38.6 Å². The first-order valence-corrected chi connectivity index (χ1v) is 6.45. The van der Waals surface area contributed by atoms with Crippen molar-refractivity contribution >= 4 is 17.3 Å². The number of nitrogen functional groups attached to an aromatic ring is 1. The van der Waals surface area contributed by atoms with E-state index in [1.807, 2.05) is 42.1 Å². The van der Waals surface area contributed by atoms with Crippen LogP contribution in [0.5, 0.6) is 0 Å². The molecule has 1 aromatic rings. The van der Waals surface area contributed by atoms with Gasteiger partial charge in [-0.2, -0.15) is 0 Å². The minimum absolute atomic E-state index is 0.0656. The number of rotatable bonds is 2. The summed E-state index contributed by atoms with van der Waals surface area (Å²) in [6.45, 7) is 1.70. The number of hydrogen-bond donors (Lipinski definition) is 1. The van der Waals surface area contributed by atoms with Gasteiger partial charge in [-0.1, -0.05) is 0 Å². The van der Waals surface area contributed by atoms with Crippen molar-refractivity contribution < 1.29 is 4.79 Å². The van der Waals surface area contributed by atoms with Gasteiger partial charge in [-0.15, -0.1) is 0 Å². The number of nitrogens with zero attached hydrogens (tertiary/aromatic N) is 2. The molecule has 0 atom stereocenters. The van der Waals surface area contributed by atoms with Crippen molar-refractivity contribution in [3.05, 3.63) is 23.8 Å². The van der Waals surface area contributed by atoms with Crippen LogP contribution in [0.15, 0.2) is 18.2 Å². The fourth-order valence-electron chi connectivity index (χ4n) is 2.27. The summed E-state index contributed by atoms with van der Waals surface area (Å²) in [6, 6.07) is 5.63. The maximum Gasteiger partial charge on any atom is 0.256 e. The van der Waals surface area contributed by atoms with E-state index in [2.05, 4.69) is 0 Å². The van der Waals surface area contributed by atoms with E-state index in [0.29, 0.717) is 11.3 Å². The fraction of sp³-hybridized carbons (Fsp3) is 0.500. The number of hydrogen-bond acceptors (Lipinski definition) is 3. The number of nitrogens with two attached hydrogens (primary N) is 1. The Morgan fingerprint density at radius 3 is 2.50 bits per heavy atom. The molecule has 0 unspecified atom stereocenters. The average Bonchev–Trinajstić information content (AvgIpc) is 2.39. The molecule has 18 heavy (non-hydrogen) atoms. The number of carbonyl (C=O) groups excluding carboxylic acids is 1. The Balaban J connectivity index is 2.25. The number of carbonyl (C=O) groups is 1. The molecule has 4 nitrogen and oxygen atoms in total. The second-order valence-electron chi connectivity index (χ2n) is 5.02. The Hall–Kier alpha value is -1.71. The van der Waals surface area contributed by atoms with E-state index in [-0.39, 0.29) is 5.91 Å². The summed E-state index contributed by atoms with van der Waals surface area (Å²) in [5.74, 6) is 0.0656. The van der Waals surface area contributed by atoms with Gasteiger partial charge in [-0.3, -0.25) is 4.79 Å². The summed E-state index contributed by atoms with van der Waals surface area (Å²) >= 11 is 0. The molecule has 1 amide bonds. The Bertz CT molecular complexity index is 437. The minimum Gasteiger partial charge on any atom is -0.398 e. The Morgan fingerprint density at radius 2 is 1.89 bits per heavy atom. The molecular formula is C14H21N3O. The first kappa shape index (κ1) is 12.7. The van der Waals surface area contributed by atoms with Gasteiger partial charge in [0.25, 0.3) is 5.91 Å². The van der Waals surface area contributed by atoms with Gasteiger partial charge in [0.2, 0.25) is 0 Å². The van der Waals surface area contributed by atoms with Crippen LogP contribution in [0, 0.1) is 0 Å². The van der Waals surface area contributed by atoms with Crippen LogP contribution in [0.4, 0.5) is 11.4 Å². The Labute approximate surface area is 108 Å². The maximum atomic E-state index is 12.4. The summed E-state index contributed by atoms with van der Waals surface area (Å²) in [7, 11) is 3.92. The maximum absolute atomic E-state index is 12.4. The summed E-state index contributed by atoms with van der Waals surface area (Å²) in [4.78, 5) is 16.3. The third-order valence-electron chi connectivity index (χ3n) is 3.43. The second-order valence-corrected chi connectivity index (χ2v) is 5.02. The van der Waals surface area contributed by atoms with Crippen molar-refractivity contribution in [3.63, 3.8) is 0 Å². The predicted octanol–water partition coefficient (Wildman–Crippen LogP) is 1.96. The SMILES string of the molecule is CN(C)c1ccc(N)c(C(=O)N2CCCCC2)c1. The molecule has 2 rings (SSSR count). The third-order valence-corrected chi connectivity index (χ3v) is 3.43. The number of anilines is 2. The van der Waals surface area contributed by atoms with Crippen LogP contribution in [-0.4, -0.2) is 38.0 Å². The Morgan fingerprint density at radius 1 is 1.22 bits per heavy atom. The van der Waals surface area contributed by atoms with E-state index in [0.717, 1.165) is 31.6 Å². The lowest BCUT2D eigenvalue weighted by molar-refractivity contribution is 0.0725. The molecule has 0 radical (unpaired) electrons. The molecule has 1 aliphatic rings. The van der Waals surface area contributed by atoms with Gasteiger partial charge in [-0.05, 0) is 37.5 Å². The zero-order valence-electron chi connectivity index (χ0n) is 11.1. The zero-order valence-corrected chi connectivity index (χ0v) is 11.1. The fourth-order valence-corrected chi connectivity index (χ4v) is 2.27. The lowest BCUT2D eigenvalue weighted by atomic mass is 10.1. The Kier molecular flexibility index (Phi) is 3.75. The number of benzene rings is 1. The van der Waals surface area contributed by atoms with Crippen molar-refractivity contribution in [2.24, 2.45) is 0 Å². The van der Waals surface area contributed by atoms with Gasteiger partial charge < -0.3 is 15.5 Å². The highest BCUT2D eigenvalue weighted by atomic mass is 16.2. The normalized spacial score (nSPS) is 15.6. The smallest absolute Gasteiger partial charge is 0.256 e. The van der Waals surface area contributed by atoms with Crippen molar-refractivity contribution in [3.8, 4) is 0 Å². The molecule has 0 saturated carbocycles. The molecule has 1 saturated heterocycles. The van der Waals surface area contributed by atoms with Gasteiger partial charge in [0.05, 0.1) is 5.56 Å². The van der Waals surface area contributed by atoms with Gasteiger partial charge in [0.1, 0.15) is 0 Å². The first-order valence-electron chi connectivity index (χ1n) is 6.45.